The Bertz CT molecular complexity index is 671. The zero-order valence-electron chi connectivity index (χ0n) is 14.0. The Morgan fingerprint density at radius 3 is 2.79 bits per heavy atom. The predicted molar refractivity (Wildman–Crippen MR) is 90.8 cm³/mol. The van der Waals surface area contributed by atoms with E-state index in [1.807, 2.05) is 19.9 Å². The Morgan fingerprint density at radius 2 is 2.17 bits per heavy atom. The second-order valence-corrected chi connectivity index (χ2v) is 6.01. The van der Waals surface area contributed by atoms with E-state index >= 15 is 0 Å². The molecule has 0 saturated heterocycles. The van der Waals surface area contributed by atoms with Crippen LogP contribution in [0.2, 0.25) is 5.02 Å². The van der Waals surface area contributed by atoms with Crippen LogP contribution < -0.4 is 9.47 Å². The Balaban J connectivity index is 2.03. The van der Waals surface area contributed by atoms with Gasteiger partial charge in [0.2, 0.25) is 0 Å². The summed E-state index contributed by atoms with van der Waals surface area (Å²) in [6.07, 6.45) is 3.47. The van der Waals surface area contributed by atoms with Gasteiger partial charge in [0.1, 0.15) is 6.61 Å². The molecule has 0 spiro atoms. The maximum atomic E-state index is 12.2. The number of carbonyl (C=O) groups is 1. The van der Waals surface area contributed by atoms with Crippen LogP contribution in [0.25, 0.3) is 0 Å². The lowest BCUT2D eigenvalue weighted by Gasteiger charge is -2.15. The molecule has 130 valence electrons. The van der Waals surface area contributed by atoms with E-state index in [-0.39, 0.29) is 6.61 Å². The average Bonchev–Trinajstić information content (AvgIpc) is 3.06. The van der Waals surface area contributed by atoms with Gasteiger partial charge >= 0.3 is 5.97 Å². The molecule has 0 unspecified atom stereocenters. The molecule has 2 rings (SSSR count). The topological polar surface area (TPSA) is 62.6 Å². The van der Waals surface area contributed by atoms with Gasteiger partial charge < -0.3 is 14.2 Å². The van der Waals surface area contributed by atoms with Gasteiger partial charge in [-0.25, -0.2) is 4.79 Å². The highest BCUT2D eigenvalue weighted by atomic mass is 35.5. The quantitative estimate of drug-likeness (QED) is 0.681. The van der Waals surface area contributed by atoms with Gasteiger partial charge in [-0.3, -0.25) is 4.68 Å². The number of aromatic nitrogens is 2. The van der Waals surface area contributed by atoms with Crippen LogP contribution in [0, 0.1) is 5.92 Å². The summed E-state index contributed by atoms with van der Waals surface area (Å²) < 4.78 is 17.9. The first-order chi connectivity index (χ1) is 11.5. The first-order valence-electron chi connectivity index (χ1n) is 7.66. The lowest BCUT2D eigenvalue weighted by atomic mass is 10.2. The molecule has 0 aliphatic rings. The SMILES string of the molecule is COc1cc(C(=O)OCCn2cccn2)cc(Cl)c1OCC(C)C. The van der Waals surface area contributed by atoms with Crippen LogP contribution in [-0.4, -0.2) is 36.1 Å². The van der Waals surface area contributed by atoms with E-state index in [0.717, 1.165) is 0 Å². The van der Waals surface area contributed by atoms with Crippen LogP contribution in [0.5, 0.6) is 11.5 Å². The summed E-state index contributed by atoms with van der Waals surface area (Å²) in [6.45, 7) is 5.27. The molecule has 0 radical (unpaired) electrons. The normalized spacial score (nSPS) is 10.7. The minimum absolute atomic E-state index is 0.214. The molecule has 2 aromatic rings. The molecular formula is C17H21ClN2O4. The van der Waals surface area contributed by atoms with E-state index in [1.165, 1.54) is 13.2 Å². The number of esters is 1. The van der Waals surface area contributed by atoms with E-state index in [1.54, 1.807) is 23.1 Å². The summed E-state index contributed by atoms with van der Waals surface area (Å²) >= 11 is 6.23. The molecule has 7 heteroatoms. The minimum atomic E-state index is -0.474. The van der Waals surface area contributed by atoms with Crippen molar-refractivity contribution >= 4 is 17.6 Å². The maximum Gasteiger partial charge on any atom is 0.338 e. The Kier molecular flexibility index (Phi) is 6.49. The van der Waals surface area contributed by atoms with Crippen LogP contribution in [-0.2, 0) is 11.3 Å². The number of carbonyl (C=O) groups excluding carboxylic acids is 1. The van der Waals surface area contributed by atoms with Crippen molar-refractivity contribution in [1.29, 1.82) is 0 Å². The summed E-state index contributed by atoms with van der Waals surface area (Å²) in [4.78, 5) is 12.2. The van der Waals surface area contributed by atoms with Crippen molar-refractivity contribution < 1.29 is 19.0 Å². The highest BCUT2D eigenvalue weighted by Gasteiger charge is 2.17. The minimum Gasteiger partial charge on any atom is -0.493 e. The molecule has 6 nitrogen and oxygen atoms in total. The number of halogens is 1. The van der Waals surface area contributed by atoms with Crippen LogP contribution in [0.1, 0.15) is 24.2 Å². The third-order valence-corrected chi connectivity index (χ3v) is 3.42. The van der Waals surface area contributed by atoms with E-state index in [9.17, 15) is 4.79 Å². The predicted octanol–water partition coefficient (Wildman–Crippen LogP) is 3.44. The van der Waals surface area contributed by atoms with Gasteiger partial charge in [0.05, 0.1) is 30.8 Å². The molecule has 0 aliphatic carbocycles. The molecule has 0 bridgehead atoms. The van der Waals surface area contributed by atoms with Gasteiger partial charge in [-0.2, -0.15) is 5.10 Å². The molecule has 0 saturated carbocycles. The summed E-state index contributed by atoms with van der Waals surface area (Å²) in [5, 5.41) is 4.36. The Labute approximate surface area is 146 Å². The molecule has 1 aromatic carbocycles. The van der Waals surface area contributed by atoms with Crippen molar-refractivity contribution in [3.8, 4) is 11.5 Å². The molecule has 1 aromatic heterocycles. The van der Waals surface area contributed by atoms with E-state index in [2.05, 4.69) is 5.10 Å². The maximum absolute atomic E-state index is 12.2. The summed E-state index contributed by atoms with van der Waals surface area (Å²) in [6, 6.07) is 4.90. The summed E-state index contributed by atoms with van der Waals surface area (Å²) in [5.41, 5.74) is 0.314. The van der Waals surface area contributed by atoms with Gasteiger partial charge in [-0.1, -0.05) is 25.4 Å². The highest BCUT2D eigenvalue weighted by Crippen LogP contribution is 2.36. The smallest absolute Gasteiger partial charge is 0.338 e. The van der Waals surface area contributed by atoms with Crippen molar-refractivity contribution in [2.24, 2.45) is 5.92 Å². The number of nitrogens with zero attached hydrogens (tertiary/aromatic N) is 2. The second-order valence-electron chi connectivity index (χ2n) is 5.60. The van der Waals surface area contributed by atoms with Crippen LogP contribution in [0.15, 0.2) is 30.6 Å². The number of hydrogen-bond acceptors (Lipinski definition) is 5. The zero-order chi connectivity index (χ0) is 17.5. The van der Waals surface area contributed by atoms with E-state index in [0.29, 0.717) is 41.2 Å². The van der Waals surface area contributed by atoms with Gasteiger partial charge in [0.15, 0.2) is 11.5 Å². The summed E-state index contributed by atoms with van der Waals surface area (Å²) in [5.74, 6) is 0.707. The lowest BCUT2D eigenvalue weighted by molar-refractivity contribution is 0.0487. The fourth-order valence-electron chi connectivity index (χ4n) is 1.98. The molecular weight excluding hydrogens is 332 g/mol. The van der Waals surface area contributed by atoms with Gasteiger partial charge in [-0.05, 0) is 24.1 Å². The number of benzene rings is 1. The number of methoxy groups -OCH3 is 1. The van der Waals surface area contributed by atoms with Crippen molar-refractivity contribution in [3.63, 3.8) is 0 Å². The fraction of sp³-hybridized carbons (Fsp3) is 0.412. The van der Waals surface area contributed by atoms with Crippen LogP contribution >= 0.6 is 11.6 Å². The average molecular weight is 353 g/mol. The molecule has 0 atom stereocenters. The number of ether oxygens (including phenoxy) is 3. The molecule has 0 aliphatic heterocycles. The van der Waals surface area contributed by atoms with Crippen molar-refractivity contribution in [1.82, 2.24) is 9.78 Å². The van der Waals surface area contributed by atoms with Gasteiger partial charge in [0.25, 0.3) is 0 Å². The summed E-state index contributed by atoms with van der Waals surface area (Å²) in [7, 11) is 1.50. The molecule has 0 amide bonds. The van der Waals surface area contributed by atoms with E-state index in [4.69, 9.17) is 25.8 Å². The van der Waals surface area contributed by atoms with Crippen LogP contribution in [0.3, 0.4) is 0 Å². The first kappa shape index (κ1) is 18.1. The van der Waals surface area contributed by atoms with Crippen molar-refractivity contribution in [3.05, 3.63) is 41.2 Å². The highest BCUT2D eigenvalue weighted by molar-refractivity contribution is 6.32. The zero-order valence-corrected chi connectivity index (χ0v) is 14.7. The number of rotatable bonds is 8. The largest absolute Gasteiger partial charge is 0.493 e. The van der Waals surface area contributed by atoms with E-state index < -0.39 is 5.97 Å². The van der Waals surface area contributed by atoms with Crippen molar-refractivity contribution in [2.75, 3.05) is 20.3 Å². The number of hydrogen-bond donors (Lipinski definition) is 0. The standard InChI is InChI=1S/C17H21ClN2O4/c1-12(2)11-24-16-14(18)9-13(10-15(16)22-3)17(21)23-8-7-20-6-4-5-19-20/h4-6,9-10,12H,7-8,11H2,1-3H3. The molecule has 1 heterocycles. The van der Waals surface area contributed by atoms with Gasteiger partial charge in [-0.15, -0.1) is 0 Å². The van der Waals surface area contributed by atoms with Gasteiger partial charge in [0, 0.05) is 12.4 Å². The third-order valence-electron chi connectivity index (χ3n) is 3.14. The molecule has 0 fully saturated rings. The molecule has 24 heavy (non-hydrogen) atoms. The van der Waals surface area contributed by atoms with Crippen molar-refractivity contribution in [2.45, 2.75) is 20.4 Å². The lowest BCUT2D eigenvalue weighted by Crippen LogP contribution is -2.12. The monoisotopic (exact) mass is 352 g/mol. The Hall–Kier alpha value is -2.21. The Morgan fingerprint density at radius 1 is 1.38 bits per heavy atom. The second kappa shape index (κ2) is 8.59. The fourth-order valence-corrected chi connectivity index (χ4v) is 2.24. The molecule has 0 N–H and O–H groups in total. The first-order valence-corrected chi connectivity index (χ1v) is 8.04. The third kappa shape index (κ3) is 4.89. The van der Waals surface area contributed by atoms with Crippen LogP contribution in [0.4, 0.5) is 0 Å².